The minimum absolute atomic E-state index is 0.142. The van der Waals surface area contributed by atoms with Crippen LogP contribution in [-0.4, -0.2) is 26.5 Å². The normalized spacial score (nSPS) is 25.4. The molecule has 1 N–H and O–H groups in total. The molecule has 16 heavy (non-hydrogen) atoms. The van der Waals surface area contributed by atoms with Crippen LogP contribution in [0.4, 0.5) is 0 Å². The van der Waals surface area contributed by atoms with Gasteiger partial charge in [-0.1, -0.05) is 19.1 Å². The summed E-state index contributed by atoms with van der Waals surface area (Å²) in [6.07, 6.45) is 1.03. The van der Waals surface area contributed by atoms with Crippen molar-refractivity contribution in [2.24, 2.45) is 5.92 Å². The zero-order valence-electron chi connectivity index (χ0n) is 9.90. The third kappa shape index (κ3) is 2.97. The van der Waals surface area contributed by atoms with Gasteiger partial charge in [-0.2, -0.15) is 0 Å². The summed E-state index contributed by atoms with van der Waals surface area (Å²) < 4.78 is 10.9. The van der Waals surface area contributed by atoms with Crippen molar-refractivity contribution in [3.63, 3.8) is 0 Å². The summed E-state index contributed by atoms with van der Waals surface area (Å²) in [6, 6.07) is 8.13. The Kier molecular flexibility index (Phi) is 3.80. The molecule has 1 aromatic carbocycles. The number of hydrogen-bond acceptors (Lipinski definition) is 3. The van der Waals surface area contributed by atoms with Crippen LogP contribution >= 0.6 is 0 Å². The molecule has 0 bridgehead atoms. The van der Waals surface area contributed by atoms with E-state index in [4.69, 9.17) is 9.47 Å². The minimum atomic E-state index is 0.142. The molecule has 1 aliphatic heterocycles. The van der Waals surface area contributed by atoms with Gasteiger partial charge in [0.05, 0.1) is 13.7 Å². The first kappa shape index (κ1) is 11.4. The van der Waals surface area contributed by atoms with Crippen LogP contribution in [0.5, 0.6) is 5.75 Å². The van der Waals surface area contributed by atoms with Crippen molar-refractivity contribution in [2.45, 2.75) is 19.6 Å². The lowest BCUT2D eigenvalue weighted by Gasteiger charge is -2.28. The van der Waals surface area contributed by atoms with Crippen LogP contribution in [0.2, 0.25) is 0 Å². The summed E-state index contributed by atoms with van der Waals surface area (Å²) in [6.45, 7) is 4.07. The fourth-order valence-electron chi connectivity index (χ4n) is 1.88. The maximum absolute atomic E-state index is 5.72. The van der Waals surface area contributed by atoms with E-state index in [0.29, 0.717) is 5.92 Å². The van der Waals surface area contributed by atoms with E-state index in [0.717, 1.165) is 25.3 Å². The van der Waals surface area contributed by atoms with Gasteiger partial charge in [-0.25, -0.2) is 0 Å². The Morgan fingerprint density at radius 1 is 1.50 bits per heavy atom. The molecule has 1 aliphatic rings. The third-order valence-corrected chi connectivity index (χ3v) is 2.83. The molecule has 0 radical (unpaired) electrons. The minimum Gasteiger partial charge on any atom is -0.497 e. The highest BCUT2D eigenvalue weighted by Crippen LogP contribution is 2.15. The lowest BCUT2D eigenvalue weighted by Crippen LogP contribution is -2.43. The molecule has 0 aromatic heterocycles. The van der Waals surface area contributed by atoms with Crippen molar-refractivity contribution < 1.29 is 9.47 Å². The van der Waals surface area contributed by atoms with Gasteiger partial charge in [-0.05, 0) is 23.6 Å². The van der Waals surface area contributed by atoms with Crippen molar-refractivity contribution in [3.05, 3.63) is 29.8 Å². The first-order valence-electron chi connectivity index (χ1n) is 5.76. The molecule has 0 amide bonds. The maximum Gasteiger partial charge on any atom is 0.119 e. The Morgan fingerprint density at radius 2 is 2.38 bits per heavy atom. The van der Waals surface area contributed by atoms with E-state index < -0.39 is 0 Å². The second-order valence-corrected chi connectivity index (χ2v) is 4.39. The topological polar surface area (TPSA) is 30.5 Å². The molecule has 0 aliphatic carbocycles. The van der Waals surface area contributed by atoms with E-state index in [2.05, 4.69) is 24.4 Å². The molecule has 0 spiro atoms. The summed E-state index contributed by atoms with van der Waals surface area (Å²) in [5, 5.41) is 3.39. The van der Waals surface area contributed by atoms with Gasteiger partial charge in [0.25, 0.3) is 0 Å². The molecule has 2 atom stereocenters. The van der Waals surface area contributed by atoms with E-state index in [1.54, 1.807) is 7.11 Å². The fourth-order valence-corrected chi connectivity index (χ4v) is 1.88. The van der Waals surface area contributed by atoms with Crippen LogP contribution in [0.1, 0.15) is 12.5 Å². The van der Waals surface area contributed by atoms with Crippen LogP contribution < -0.4 is 10.1 Å². The summed E-state index contributed by atoms with van der Waals surface area (Å²) in [5.74, 6) is 1.52. The molecule has 0 saturated carbocycles. The molecular weight excluding hydrogens is 202 g/mol. The van der Waals surface area contributed by atoms with Gasteiger partial charge >= 0.3 is 0 Å². The number of rotatable bonds is 3. The smallest absolute Gasteiger partial charge is 0.119 e. The van der Waals surface area contributed by atoms with E-state index in [1.165, 1.54) is 5.56 Å². The summed E-state index contributed by atoms with van der Waals surface area (Å²) in [5.41, 5.74) is 1.24. The number of methoxy groups -OCH3 is 1. The lowest BCUT2D eigenvalue weighted by atomic mass is 10.1. The van der Waals surface area contributed by atoms with Gasteiger partial charge in [0, 0.05) is 13.0 Å². The Morgan fingerprint density at radius 3 is 3.06 bits per heavy atom. The zero-order valence-corrected chi connectivity index (χ0v) is 9.90. The average molecular weight is 221 g/mol. The van der Waals surface area contributed by atoms with Gasteiger partial charge < -0.3 is 9.47 Å². The second kappa shape index (κ2) is 5.32. The average Bonchev–Trinajstić information content (AvgIpc) is 2.32. The van der Waals surface area contributed by atoms with Crippen LogP contribution in [0.15, 0.2) is 24.3 Å². The first-order chi connectivity index (χ1) is 7.78. The van der Waals surface area contributed by atoms with Crippen molar-refractivity contribution >= 4 is 0 Å². The van der Waals surface area contributed by atoms with E-state index >= 15 is 0 Å². The number of hydrogen-bond donors (Lipinski definition) is 1. The molecule has 1 heterocycles. The quantitative estimate of drug-likeness (QED) is 0.844. The Hall–Kier alpha value is -1.06. The van der Waals surface area contributed by atoms with E-state index in [9.17, 15) is 0 Å². The van der Waals surface area contributed by atoms with Crippen molar-refractivity contribution in [1.29, 1.82) is 0 Å². The molecule has 1 saturated heterocycles. The largest absolute Gasteiger partial charge is 0.497 e. The molecular formula is C13H19NO2. The third-order valence-electron chi connectivity index (χ3n) is 2.83. The van der Waals surface area contributed by atoms with Gasteiger partial charge in [-0.15, -0.1) is 0 Å². The van der Waals surface area contributed by atoms with Crippen LogP contribution in [0, 0.1) is 5.92 Å². The predicted molar refractivity (Wildman–Crippen MR) is 63.6 cm³/mol. The zero-order chi connectivity index (χ0) is 11.4. The molecule has 2 unspecified atom stereocenters. The molecule has 1 aromatic rings. The van der Waals surface area contributed by atoms with Gasteiger partial charge in [-0.3, -0.25) is 5.32 Å². The SMILES string of the molecule is COc1cccc(CC2NCC(C)CO2)c1. The predicted octanol–water partition coefficient (Wildman–Crippen LogP) is 1.82. The number of nitrogens with one attached hydrogen (secondary N) is 1. The molecule has 88 valence electrons. The van der Waals surface area contributed by atoms with Gasteiger partial charge in [0.1, 0.15) is 12.0 Å². The van der Waals surface area contributed by atoms with Crippen LogP contribution in [0.25, 0.3) is 0 Å². The van der Waals surface area contributed by atoms with Gasteiger partial charge in [0.15, 0.2) is 0 Å². The first-order valence-corrected chi connectivity index (χ1v) is 5.76. The molecule has 1 fully saturated rings. The standard InChI is InChI=1S/C13H19NO2/c1-10-8-14-13(16-9-10)7-11-4-3-5-12(6-11)15-2/h3-6,10,13-14H,7-9H2,1-2H3. The Balaban J connectivity index is 1.93. The monoisotopic (exact) mass is 221 g/mol. The number of ether oxygens (including phenoxy) is 2. The van der Waals surface area contributed by atoms with Crippen molar-refractivity contribution in [2.75, 3.05) is 20.3 Å². The molecule has 2 rings (SSSR count). The highest BCUT2D eigenvalue weighted by atomic mass is 16.5. The van der Waals surface area contributed by atoms with Gasteiger partial charge in [0.2, 0.25) is 0 Å². The Labute approximate surface area is 96.8 Å². The van der Waals surface area contributed by atoms with Crippen molar-refractivity contribution in [1.82, 2.24) is 5.32 Å². The van der Waals surface area contributed by atoms with Crippen LogP contribution in [-0.2, 0) is 11.2 Å². The molecule has 3 nitrogen and oxygen atoms in total. The number of benzene rings is 1. The van der Waals surface area contributed by atoms with E-state index in [-0.39, 0.29) is 6.23 Å². The Bertz CT molecular complexity index is 332. The van der Waals surface area contributed by atoms with Crippen LogP contribution in [0.3, 0.4) is 0 Å². The molecule has 3 heteroatoms. The fraction of sp³-hybridized carbons (Fsp3) is 0.538. The summed E-state index contributed by atoms with van der Waals surface area (Å²) >= 11 is 0. The summed E-state index contributed by atoms with van der Waals surface area (Å²) in [4.78, 5) is 0. The maximum atomic E-state index is 5.72. The summed E-state index contributed by atoms with van der Waals surface area (Å²) in [7, 11) is 1.69. The highest BCUT2D eigenvalue weighted by Gasteiger charge is 2.17. The second-order valence-electron chi connectivity index (χ2n) is 4.39. The van der Waals surface area contributed by atoms with Crippen molar-refractivity contribution in [3.8, 4) is 5.75 Å². The van der Waals surface area contributed by atoms with E-state index in [1.807, 2.05) is 12.1 Å². The lowest BCUT2D eigenvalue weighted by molar-refractivity contribution is -0.0228. The highest BCUT2D eigenvalue weighted by molar-refractivity contribution is 5.28.